The molecule has 0 saturated heterocycles. The van der Waals surface area contributed by atoms with Crippen LogP contribution < -0.4 is 5.32 Å². The molecule has 1 rings (SSSR count). The highest BCUT2D eigenvalue weighted by molar-refractivity contribution is 4.78. The Balaban J connectivity index is 2.16. The van der Waals surface area contributed by atoms with E-state index in [1.165, 1.54) is 25.7 Å². The second-order valence-corrected chi connectivity index (χ2v) is 6.23. The second-order valence-electron chi connectivity index (χ2n) is 6.23. The molecule has 102 valence electrons. The fraction of sp³-hybridized carbons (Fsp3) is 1.00. The molecule has 0 aromatic rings. The van der Waals surface area contributed by atoms with Crippen LogP contribution >= 0.6 is 0 Å². The summed E-state index contributed by atoms with van der Waals surface area (Å²) in [5.74, 6) is 0.776. The quantitative estimate of drug-likeness (QED) is 0.772. The van der Waals surface area contributed by atoms with E-state index in [1.807, 2.05) is 0 Å². The van der Waals surface area contributed by atoms with Crippen LogP contribution in [0.5, 0.6) is 0 Å². The molecule has 1 aliphatic rings. The normalized spacial score (nSPS) is 26.5. The van der Waals surface area contributed by atoms with Crippen LogP contribution in [0.1, 0.15) is 39.5 Å². The van der Waals surface area contributed by atoms with E-state index in [-0.39, 0.29) is 5.54 Å². The molecule has 1 saturated carbocycles. The molecule has 3 heteroatoms. The van der Waals surface area contributed by atoms with Crippen LogP contribution in [0.4, 0.5) is 0 Å². The van der Waals surface area contributed by atoms with Gasteiger partial charge in [0.05, 0.1) is 6.61 Å². The van der Waals surface area contributed by atoms with Crippen molar-refractivity contribution in [3.63, 3.8) is 0 Å². The van der Waals surface area contributed by atoms with E-state index in [0.29, 0.717) is 0 Å². The first-order valence-corrected chi connectivity index (χ1v) is 6.88. The van der Waals surface area contributed by atoms with Gasteiger partial charge in [-0.05, 0) is 66.6 Å². The van der Waals surface area contributed by atoms with Crippen LogP contribution in [0.2, 0.25) is 0 Å². The van der Waals surface area contributed by atoms with Crippen LogP contribution in [0.15, 0.2) is 0 Å². The smallest absolute Gasteiger partial charge is 0.0644 e. The summed E-state index contributed by atoms with van der Waals surface area (Å²) in [6, 6.07) is 0.740. The minimum Gasteiger partial charge on any atom is -0.379 e. The van der Waals surface area contributed by atoms with Crippen molar-refractivity contribution >= 4 is 0 Å². The predicted molar refractivity (Wildman–Crippen MR) is 73.4 cm³/mol. The number of hydrogen-bond acceptors (Lipinski definition) is 3. The Labute approximate surface area is 107 Å². The molecule has 17 heavy (non-hydrogen) atoms. The lowest BCUT2D eigenvalue weighted by Crippen LogP contribution is -2.43. The van der Waals surface area contributed by atoms with Gasteiger partial charge in [-0.1, -0.05) is 0 Å². The predicted octanol–water partition coefficient (Wildman–Crippen LogP) is 2.12. The highest BCUT2D eigenvalue weighted by atomic mass is 16.5. The lowest BCUT2D eigenvalue weighted by molar-refractivity contribution is 0.0126. The molecular weight excluding hydrogens is 212 g/mol. The van der Waals surface area contributed by atoms with Gasteiger partial charge in [0.2, 0.25) is 0 Å². The molecule has 0 aliphatic heterocycles. The van der Waals surface area contributed by atoms with Gasteiger partial charge >= 0.3 is 0 Å². The van der Waals surface area contributed by atoms with Crippen molar-refractivity contribution in [2.24, 2.45) is 5.92 Å². The molecule has 0 atom stereocenters. The van der Waals surface area contributed by atoms with E-state index in [1.54, 1.807) is 0 Å². The molecule has 0 radical (unpaired) electrons. The molecule has 0 bridgehead atoms. The zero-order valence-corrected chi connectivity index (χ0v) is 12.3. The Morgan fingerprint density at radius 2 is 1.76 bits per heavy atom. The Morgan fingerprint density at radius 3 is 2.24 bits per heavy atom. The van der Waals surface area contributed by atoms with E-state index in [0.717, 1.165) is 25.2 Å². The molecule has 1 N–H and O–H groups in total. The number of likely N-dealkylation sites (N-methyl/N-ethyl adjacent to an activating group) is 1. The molecule has 0 heterocycles. The van der Waals surface area contributed by atoms with Crippen LogP contribution in [-0.2, 0) is 4.74 Å². The van der Waals surface area contributed by atoms with Crippen molar-refractivity contribution in [3.8, 4) is 0 Å². The fourth-order valence-electron chi connectivity index (χ4n) is 2.22. The van der Waals surface area contributed by atoms with Crippen molar-refractivity contribution in [1.82, 2.24) is 10.2 Å². The average molecular weight is 242 g/mol. The van der Waals surface area contributed by atoms with Crippen LogP contribution in [-0.4, -0.2) is 50.8 Å². The minimum atomic E-state index is 0.141. The van der Waals surface area contributed by atoms with Gasteiger partial charge in [-0.3, -0.25) is 0 Å². The minimum absolute atomic E-state index is 0.141. The largest absolute Gasteiger partial charge is 0.379 e. The van der Waals surface area contributed by atoms with Gasteiger partial charge in [0.25, 0.3) is 0 Å². The Kier molecular flexibility index (Phi) is 5.90. The van der Waals surface area contributed by atoms with Crippen molar-refractivity contribution in [2.45, 2.75) is 51.1 Å². The fourth-order valence-corrected chi connectivity index (χ4v) is 2.22. The Bertz CT molecular complexity index is 208. The summed E-state index contributed by atoms with van der Waals surface area (Å²) in [6.07, 6.45) is 5.24. The maximum Gasteiger partial charge on any atom is 0.0644 e. The highest BCUT2D eigenvalue weighted by Crippen LogP contribution is 2.24. The lowest BCUT2D eigenvalue weighted by Gasteiger charge is -2.33. The molecule has 0 spiro atoms. The van der Waals surface area contributed by atoms with Crippen molar-refractivity contribution < 1.29 is 4.74 Å². The van der Waals surface area contributed by atoms with E-state index in [2.05, 4.69) is 45.2 Å². The van der Waals surface area contributed by atoms with Gasteiger partial charge in [-0.2, -0.15) is 0 Å². The van der Waals surface area contributed by atoms with Gasteiger partial charge in [-0.25, -0.2) is 0 Å². The maximum absolute atomic E-state index is 5.91. The van der Waals surface area contributed by atoms with E-state index < -0.39 is 0 Å². The molecule has 1 fully saturated rings. The van der Waals surface area contributed by atoms with Gasteiger partial charge in [0, 0.05) is 18.2 Å². The molecule has 1 aliphatic carbocycles. The van der Waals surface area contributed by atoms with Gasteiger partial charge < -0.3 is 15.0 Å². The lowest BCUT2D eigenvalue weighted by atomic mass is 9.86. The first-order chi connectivity index (χ1) is 7.95. The van der Waals surface area contributed by atoms with Crippen molar-refractivity contribution in [1.29, 1.82) is 0 Å². The maximum atomic E-state index is 5.91. The van der Waals surface area contributed by atoms with E-state index in [4.69, 9.17) is 4.74 Å². The topological polar surface area (TPSA) is 24.5 Å². The number of ether oxygens (including phenoxy) is 1. The first-order valence-electron chi connectivity index (χ1n) is 6.88. The van der Waals surface area contributed by atoms with Crippen LogP contribution in [0, 0.1) is 5.92 Å². The zero-order chi connectivity index (χ0) is 12.9. The molecule has 0 amide bonds. The van der Waals surface area contributed by atoms with Gasteiger partial charge in [-0.15, -0.1) is 0 Å². The molecule has 0 aromatic carbocycles. The van der Waals surface area contributed by atoms with Crippen molar-refractivity contribution in [3.05, 3.63) is 0 Å². The average Bonchev–Trinajstić information content (AvgIpc) is 2.29. The Morgan fingerprint density at radius 1 is 1.18 bits per heavy atom. The Hall–Kier alpha value is -0.120. The monoisotopic (exact) mass is 242 g/mol. The number of nitrogens with one attached hydrogen (secondary N) is 1. The summed E-state index contributed by atoms with van der Waals surface area (Å²) in [6.45, 7) is 6.22. The van der Waals surface area contributed by atoms with Gasteiger partial charge in [0.1, 0.15) is 0 Å². The third kappa shape index (κ3) is 4.94. The van der Waals surface area contributed by atoms with Gasteiger partial charge in [0.15, 0.2) is 0 Å². The SMILES string of the molecule is CNC1CCC(COCC(C)(C)N(C)C)CC1. The van der Waals surface area contributed by atoms with Crippen molar-refractivity contribution in [2.75, 3.05) is 34.4 Å². The summed E-state index contributed by atoms with van der Waals surface area (Å²) in [5.41, 5.74) is 0.141. The standard InChI is InChI=1S/C14H30N2O/c1-14(2,16(4)5)11-17-10-12-6-8-13(15-3)9-7-12/h12-13,15H,6-11H2,1-5H3. The van der Waals surface area contributed by atoms with Crippen LogP contribution in [0.25, 0.3) is 0 Å². The van der Waals surface area contributed by atoms with E-state index in [9.17, 15) is 0 Å². The number of nitrogens with zero attached hydrogens (tertiary/aromatic N) is 1. The third-order valence-corrected chi connectivity index (χ3v) is 4.27. The summed E-state index contributed by atoms with van der Waals surface area (Å²) < 4.78 is 5.91. The molecule has 0 aromatic heterocycles. The molecular formula is C14H30N2O. The van der Waals surface area contributed by atoms with Crippen LogP contribution in [0.3, 0.4) is 0 Å². The van der Waals surface area contributed by atoms with E-state index >= 15 is 0 Å². The zero-order valence-electron chi connectivity index (χ0n) is 12.3. The number of rotatable bonds is 6. The third-order valence-electron chi connectivity index (χ3n) is 4.27. The molecule has 3 nitrogen and oxygen atoms in total. The summed E-state index contributed by atoms with van der Waals surface area (Å²) in [5, 5.41) is 3.37. The summed E-state index contributed by atoms with van der Waals surface area (Å²) in [4.78, 5) is 2.23. The second kappa shape index (κ2) is 6.72. The number of hydrogen-bond donors (Lipinski definition) is 1. The summed E-state index contributed by atoms with van der Waals surface area (Å²) >= 11 is 0. The highest BCUT2D eigenvalue weighted by Gasteiger charge is 2.23. The molecule has 0 unspecified atom stereocenters. The first kappa shape index (κ1) is 14.9. The summed E-state index contributed by atoms with van der Waals surface area (Å²) in [7, 11) is 6.30.